The summed E-state index contributed by atoms with van der Waals surface area (Å²) in [6.07, 6.45) is 1.76. The summed E-state index contributed by atoms with van der Waals surface area (Å²) in [4.78, 5) is 4.11. The third-order valence-electron chi connectivity index (χ3n) is 1.36. The molecular formula is C8H10INO2. The maximum absolute atomic E-state index is 5.32. The molecule has 4 heteroatoms. The number of aromatic nitrogens is 1. The smallest absolute Gasteiger partial charge is 0.188 e. The molecular weight excluding hydrogens is 269 g/mol. The lowest BCUT2D eigenvalue weighted by molar-refractivity contribution is 0.0497. The lowest BCUT2D eigenvalue weighted by Gasteiger charge is -2.08. The SMILES string of the molecule is COCOc1c(I)ccnc1C. The Bertz CT molecular complexity index is 245. The summed E-state index contributed by atoms with van der Waals surface area (Å²) < 4.78 is 11.2. The average Bonchev–Trinajstić information content (AvgIpc) is 2.04. The molecule has 1 rings (SSSR count). The van der Waals surface area contributed by atoms with Crippen molar-refractivity contribution in [1.82, 2.24) is 4.98 Å². The number of hydrogen-bond donors (Lipinski definition) is 0. The topological polar surface area (TPSA) is 31.4 Å². The van der Waals surface area contributed by atoms with E-state index in [0.717, 1.165) is 15.0 Å². The van der Waals surface area contributed by atoms with Gasteiger partial charge in [0.15, 0.2) is 12.5 Å². The largest absolute Gasteiger partial charge is 0.465 e. The monoisotopic (exact) mass is 279 g/mol. The summed E-state index contributed by atoms with van der Waals surface area (Å²) in [6.45, 7) is 2.18. The van der Waals surface area contributed by atoms with E-state index in [1.54, 1.807) is 13.3 Å². The quantitative estimate of drug-likeness (QED) is 0.626. The van der Waals surface area contributed by atoms with Gasteiger partial charge in [-0.1, -0.05) is 0 Å². The van der Waals surface area contributed by atoms with Crippen LogP contribution < -0.4 is 4.74 Å². The highest BCUT2D eigenvalue weighted by atomic mass is 127. The molecule has 1 aromatic heterocycles. The summed E-state index contributed by atoms with van der Waals surface area (Å²) in [6, 6.07) is 1.90. The highest BCUT2D eigenvalue weighted by molar-refractivity contribution is 14.1. The predicted molar refractivity (Wildman–Crippen MR) is 54.2 cm³/mol. The van der Waals surface area contributed by atoms with Gasteiger partial charge in [-0.2, -0.15) is 0 Å². The fourth-order valence-corrected chi connectivity index (χ4v) is 1.52. The molecule has 0 bridgehead atoms. The van der Waals surface area contributed by atoms with Crippen LogP contribution in [0.3, 0.4) is 0 Å². The standard InChI is InChI=1S/C8H10INO2/c1-6-8(12-5-11-2)7(9)3-4-10-6/h3-4H,5H2,1-2H3. The highest BCUT2D eigenvalue weighted by Crippen LogP contribution is 2.22. The number of rotatable bonds is 3. The first-order valence-electron chi connectivity index (χ1n) is 3.48. The van der Waals surface area contributed by atoms with Gasteiger partial charge in [-0.3, -0.25) is 4.98 Å². The second-order valence-electron chi connectivity index (χ2n) is 2.26. The molecule has 0 amide bonds. The molecule has 0 saturated carbocycles. The minimum absolute atomic E-state index is 0.266. The predicted octanol–water partition coefficient (Wildman–Crippen LogP) is 1.98. The lowest BCUT2D eigenvalue weighted by Crippen LogP contribution is -2.02. The molecule has 0 aliphatic heterocycles. The third-order valence-corrected chi connectivity index (χ3v) is 2.21. The van der Waals surface area contributed by atoms with E-state index in [4.69, 9.17) is 9.47 Å². The van der Waals surface area contributed by atoms with Crippen molar-refractivity contribution < 1.29 is 9.47 Å². The lowest BCUT2D eigenvalue weighted by atomic mass is 10.3. The zero-order valence-electron chi connectivity index (χ0n) is 7.00. The van der Waals surface area contributed by atoms with Crippen LogP contribution in [0.1, 0.15) is 5.69 Å². The van der Waals surface area contributed by atoms with Crippen molar-refractivity contribution in [3.8, 4) is 5.75 Å². The van der Waals surface area contributed by atoms with Gasteiger partial charge in [0.05, 0.1) is 9.26 Å². The van der Waals surface area contributed by atoms with Crippen molar-refractivity contribution in [1.29, 1.82) is 0 Å². The molecule has 1 aromatic rings. The normalized spacial score (nSPS) is 9.92. The Balaban J connectivity index is 2.81. The van der Waals surface area contributed by atoms with Gasteiger partial charge in [0, 0.05) is 13.3 Å². The van der Waals surface area contributed by atoms with Gasteiger partial charge in [-0.25, -0.2) is 0 Å². The first kappa shape index (κ1) is 9.73. The number of halogens is 1. The van der Waals surface area contributed by atoms with Crippen LogP contribution in [0.25, 0.3) is 0 Å². The number of nitrogens with zero attached hydrogens (tertiary/aromatic N) is 1. The maximum atomic E-state index is 5.32. The molecule has 0 aromatic carbocycles. The van der Waals surface area contributed by atoms with E-state index >= 15 is 0 Å². The summed E-state index contributed by atoms with van der Waals surface area (Å²) in [7, 11) is 1.60. The van der Waals surface area contributed by atoms with Crippen molar-refractivity contribution in [2.45, 2.75) is 6.92 Å². The van der Waals surface area contributed by atoms with Crippen molar-refractivity contribution in [3.63, 3.8) is 0 Å². The first-order valence-corrected chi connectivity index (χ1v) is 4.56. The van der Waals surface area contributed by atoms with E-state index in [2.05, 4.69) is 27.6 Å². The number of aryl methyl sites for hydroxylation is 1. The van der Waals surface area contributed by atoms with Crippen molar-refractivity contribution in [2.24, 2.45) is 0 Å². The Morgan fingerprint density at radius 1 is 1.58 bits per heavy atom. The second-order valence-corrected chi connectivity index (χ2v) is 3.42. The Kier molecular flexibility index (Phi) is 3.74. The van der Waals surface area contributed by atoms with Crippen LogP contribution in [0.2, 0.25) is 0 Å². The van der Waals surface area contributed by atoms with Gasteiger partial charge in [0.25, 0.3) is 0 Å². The van der Waals surface area contributed by atoms with Gasteiger partial charge in [0.1, 0.15) is 0 Å². The molecule has 3 nitrogen and oxygen atoms in total. The van der Waals surface area contributed by atoms with Gasteiger partial charge in [-0.05, 0) is 35.6 Å². The van der Waals surface area contributed by atoms with Gasteiger partial charge >= 0.3 is 0 Å². The van der Waals surface area contributed by atoms with Gasteiger partial charge < -0.3 is 9.47 Å². The Hall–Kier alpha value is -0.360. The maximum Gasteiger partial charge on any atom is 0.188 e. The zero-order valence-corrected chi connectivity index (χ0v) is 9.16. The minimum Gasteiger partial charge on any atom is -0.465 e. The molecule has 0 radical (unpaired) electrons. The Labute approximate surface area is 85.2 Å². The van der Waals surface area contributed by atoms with Crippen LogP contribution >= 0.6 is 22.6 Å². The van der Waals surface area contributed by atoms with E-state index in [0.29, 0.717) is 0 Å². The third kappa shape index (κ3) is 2.31. The van der Waals surface area contributed by atoms with Crippen LogP contribution in [-0.2, 0) is 4.74 Å². The van der Waals surface area contributed by atoms with Crippen molar-refractivity contribution in [2.75, 3.05) is 13.9 Å². The molecule has 0 spiro atoms. The molecule has 0 unspecified atom stereocenters. The highest BCUT2D eigenvalue weighted by Gasteiger charge is 2.04. The van der Waals surface area contributed by atoms with Gasteiger partial charge in [0.2, 0.25) is 0 Å². The van der Waals surface area contributed by atoms with Crippen LogP contribution in [-0.4, -0.2) is 18.9 Å². The molecule has 0 atom stereocenters. The Morgan fingerprint density at radius 2 is 2.33 bits per heavy atom. The molecule has 66 valence electrons. The molecule has 12 heavy (non-hydrogen) atoms. The number of methoxy groups -OCH3 is 1. The molecule has 0 saturated heterocycles. The summed E-state index contributed by atoms with van der Waals surface area (Å²) in [5, 5.41) is 0. The molecule has 0 aliphatic carbocycles. The number of ether oxygens (including phenoxy) is 2. The van der Waals surface area contributed by atoms with Gasteiger partial charge in [-0.15, -0.1) is 0 Å². The summed E-state index contributed by atoms with van der Waals surface area (Å²) in [5.41, 5.74) is 0.888. The zero-order chi connectivity index (χ0) is 8.97. The van der Waals surface area contributed by atoms with Crippen LogP contribution in [0.5, 0.6) is 5.75 Å². The summed E-state index contributed by atoms with van der Waals surface area (Å²) >= 11 is 2.21. The van der Waals surface area contributed by atoms with Crippen molar-refractivity contribution >= 4 is 22.6 Å². The number of pyridine rings is 1. The van der Waals surface area contributed by atoms with Crippen LogP contribution in [0.4, 0.5) is 0 Å². The van der Waals surface area contributed by atoms with Crippen LogP contribution in [0.15, 0.2) is 12.3 Å². The van der Waals surface area contributed by atoms with E-state index < -0.39 is 0 Å². The fourth-order valence-electron chi connectivity index (χ4n) is 0.813. The molecule has 0 aliphatic rings. The molecule has 0 fully saturated rings. The van der Waals surface area contributed by atoms with Crippen LogP contribution in [0, 0.1) is 10.5 Å². The second kappa shape index (κ2) is 4.61. The van der Waals surface area contributed by atoms with E-state index in [-0.39, 0.29) is 6.79 Å². The van der Waals surface area contributed by atoms with E-state index in [9.17, 15) is 0 Å². The van der Waals surface area contributed by atoms with E-state index in [1.165, 1.54) is 0 Å². The first-order chi connectivity index (χ1) is 5.75. The molecule has 1 heterocycles. The summed E-state index contributed by atoms with van der Waals surface area (Å²) in [5.74, 6) is 0.806. The number of hydrogen-bond acceptors (Lipinski definition) is 3. The fraction of sp³-hybridized carbons (Fsp3) is 0.375. The molecule has 0 N–H and O–H groups in total. The Morgan fingerprint density at radius 3 is 2.92 bits per heavy atom. The van der Waals surface area contributed by atoms with Crippen molar-refractivity contribution in [3.05, 3.63) is 21.5 Å². The average molecular weight is 279 g/mol. The minimum atomic E-state index is 0.266. The van der Waals surface area contributed by atoms with E-state index in [1.807, 2.05) is 13.0 Å².